The Labute approximate surface area is 109 Å². The molecule has 0 saturated carbocycles. The number of benzene rings is 1. The van der Waals surface area contributed by atoms with E-state index in [1.165, 1.54) is 17.7 Å². The third-order valence-corrected chi connectivity index (χ3v) is 4.79. The summed E-state index contributed by atoms with van der Waals surface area (Å²) < 4.78 is 13.3. The van der Waals surface area contributed by atoms with Gasteiger partial charge in [-0.2, -0.15) is 0 Å². The van der Waals surface area contributed by atoms with Crippen molar-refractivity contribution >= 4 is 22.6 Å². The third-order valence-electron chi connectivity index (χ3n) is 2.93. The van der Waals surface area contributed by atoms with Crippen LogP contribution in [0.15, 0.2) is 24.3 Å². The number of nitrogens with one attached hydrogen (secondary N) is 1. The molecule has 88 valence electrons. The Balaban J connectivity index is 2.00. The van der Waals surface area contributed by atoms with Crippen molar-refractivity contribution in [2.75, 3.05) is 13.1 Å². The van der Waals surface area contributed by atoms with Gasteiger partial charge >= 0.3 is 0 Å². The highest BCUT2D eigenvalue weighted by Crippen LogP contribution is 2.19. The number of halogens is 2. The first-order chi connectivity index (χ1) is 7.66. The SMILES string of the molecule is CC1NCCN(Cc2ccc(F)cc2)C1I. The maximum atomic E-state index is 12.8. The number of hydrogen-bond donors (Lipinski definition) is 1. The highest BCUT2D eigenvalue weighted by Gasteiger charge is 2.25. The van der Waals surface area contributed by atoms with Gasteiger partial charge < -0.3 is 5.32 Å². The smallest absolute Gasteiger partial charge is 0.123 e. The van der Waals surface area contributed by atoms with Crippen LogP contribution in [0.1, 0.15) is 12.5 Å². The molecule has 2 atom stereocenters. The number of hydrogen-bond acceptors (Lipinski definition) is 2. The van der Waals surface area contributed by atoms with E-state index in [2.05, 4.69) is 39.7 Å². The van der Waals surface area contributed by atoms with Crippen LogP contribution in [-0.2, 0) is 6.54 Å². The van der Waals surface area contributed by atoms with E-state index in [0.717, 1.165) is 19.6 Å². The van der Waals surface area contributed by atoms with Gasteiger partial charge in [-0.3, -0.25) is 4.90 Å². The molecule has 1 N–H and O–H groups in total. The van der Waals surface area contributed by atoms with Crippen LogP contribution in [0.2, 0.25) is 0 Å². The van der Waals surface area contributed by atoms with Crippen LogP contribution in [0.5, 0.6) is 0 Å². The largest absolute Gasteiger partial charge is 0.311 e. The Morgan fingerprint density at radius 2 is 2.12 bits per heavy atom. The van der Waals surface area contributed by atoms with Gasteiger partial charge in [0.25, 0.3) is 0 Å². The second-order valence-corrected chi connectivity index (χ2v) is 5.49. The molecule has 1 heterocycles. The molecule has 1 saturated heterocycles. The van der Waals surface area contributed by atoms with Gasteiger partial charge in [-0.15, -0.1) is 0 Å². The molecule has 0 spiro atoms. The summed E-state index contributed by atoms with van der Waals surface area (Å²) in [6, 6.07) is 7.30. The van der Waals surface area contributed by atoms with Crippen molar-refractivity contribution in [1.29, 1.82) is 0 Å². The fourth-order valence-corrected chi connectivity index (χ4v) is 2.69. The topological polar surface area (TPSA) is 15.3 Å². The Morgan fingerprint density at radius 1 is 1.44 bits per heavy atom. The van der Waals surface area contributed by atoms with Crippen LogP contribution in [0.25, 0.3) is 0 Å². The normalized spacial score (nSPS) is 26.9. The van der Waals surface area contributed by atoms with Crippen molar-refractivity contribution in [3.63, 3.8) is 0 Å². The molecule has 1 aromatic carbocycles. The lowest BCUT2D eigenvalue weighted by atomic mass is 10.1. The molecule has 4 heteroatoms. The standard InChI is InChI=1S/C12H16FIN2/c1-9-12(14)16(7-6-15-9)8-10-2-4-11(13)5-3-10/h2-5,9,12,15H,6-8H2,1H3. The first kappa shape index (κ1) is 12.3. The Hall–Kier alpha value is -0.200. The lowest BCUT2D eigenvalue weighted by Crippen LogP contribution is -2.53. The zero-order chi connectivity index (χ0) is 11.5. The summed E-state index contributed by atoms with van der Waals surface area (Å²) in [6.45, 7) is 5.19. The number of nitrogens with zero attached hydrogens (tertiary/aromatic N) is 1. The van der Waals surface area contributed by atoms with Gasteiger partial charge in [-0.05, 0) is 24.6 Å². The first-order valence-corrected chi connectivity index (χ1v) is 6.77. The minimum absolute atomic E-state index is 0.163. The summed E-state index contributed by atoms with van der Waals surface area (Å²) in [6.07, 6.45) is 0. The van der Waals surface area contributed by atoms with Crippen LogP contribution >= 0.6 is 22.6 Å². The van der Waals surface area contributed by atoms with E-state index in [0.29, 0.717) is 10.1 Å². The summed E-state index contributed by atoms with van der Waals surface area (Å²) >= 11 is 2.47. The molecule has 0 amide bonds. The minimum atomic E-state index is -0.163. The molecule has 0 aliphatic carbocycles. The lowest BCUT2D eigenvalue weighted by Gasteiger charge is -2.37. The van der Waals surface area contributed by atoms with Crippen molar-refractivity contribution in [3.05, 3.63) is 35.6 Å². The second-order valence-electron chi connectivity index (χ2n) is 4.21. The van der Waals surface area contributed by atoms with E-state index in [4.69, 9.17) is 0 Å². The number of alkyl halides is 1. The maximum absolute atomic E-state index is 12.8. The summed E-state index contributed by atoms with van der Waals surface area (Å²) in [7, 11) is 0. The van der Waals surface area contributed by atoms with Crippen LogP contribution in [0.3, 0.4) is 0 Å². The maximum Gasteiger partial charge on any atom is 0.123 e. The first-order valence-electron chi connectivity index (χ1n) is 5.53. The summed E-state index contributed by atoms with van der Waals surface area (Å²) in [5.74, 6) is -0.163. The average molecular weight is 334 g/mol. The average Bonchev–Trinajstić information content (AvgIpc) is 2.28. The number of piperazine rings is 1. The molecule has 2 unspecified atom stereocenters. The Morgan fingerprint density at radius 3 is 2.81 bits per heavy atom. The van der Waals surface area contributed by atoms with Gasteiger partial charge in [-0.25, -0.2) is 4.39 Å². The van der Waals surface area contributed by atoms with Gasteiger partial charge in [-0.1, -0.05) is 34.7 Å². The van der Waals surface area contributed by atoms with Gasteiger partial charge in [0.15, 0.2) is 0 Å². The van der Waals surface area contributed by atoms with Gasteiger partial charge in [0, 0.05) is 25.7 Å². The zero-order valence-corrected chi connectivity index (χ0v) is 11.4. The Bertz CT molecular complexity index is 341. The van der Waals surface area contributed by atoms with Crippen molar-refractivity contribution in [2.45, 2.75) is 23.6 Å². The molecule has 2 nitrogen and oxygen atoms in total. The van der Waals surface area contributed by atoms with Crippen LogP contribution < -0.4 is 5.32 Å². The van der Waals surface area contributed by atoms with E-state index in [-0.39, 0.29) is 5.82 Å². The van der Waals surface area contributed by atoms with Crippen molar-refractivity contribution < 1.29 is 4.39 Å². The molecule has 1 aliphatic rings. The summed E-state index contributed by atoms with van der Waals surface area (Å²) in [5.41, 5.74) is 1.18. The lowest BCUT2D eigenvalue weighted by molar-refractivity contribution is 0.187. The summed E-state index contributed by atoms with van der Waals surface area (Å²) in [4.78, 5) is 2.43. The zero-order valence-electron chi connectivity index (χ0n) is 9.29. The van der Waals surface area contributed by atoms with Crippen LogP contribution in [-0.4, -0.2) is 28.1 Å². The third kappa shape index (κ3) is 2.93. The molecule has 0 aromatic heterocycles. The molecule has 0 radical (unpaired) electrons. The van der Waals surface area contributed by atoms with E-state index >= 15 is 0 Å². The molecule has 16 heavy (non-hydrogen) atoms. The second kappa shape index (κ2) is 5.42. The molecule has 1 aromatic rings. The van der Waals surface area contributed by atoms with E-state index in [1.54, 1.807) is 0 Å². The molecule has 2 rings (SSSR count). The van der Waals surface area contributed by atoms with Gasteiger partial charge in [0.1, 0.15) is 5.82 Å². The van der Waals surface area contributed by atoms with E-state index in [9.17, 15) is 4.39 Å². The predicted octanol–water partition coefficient (Wildman–Crippen LogP) is 2.38. The molecule has 1 fully saturated rings. The fourth-order valence-electron chi connectivity index (χ4n) is 1.96. The van der Waals surface area contributed by atoms with Crippen molar-refractivity contribution in [1.82, 2.24) is 10.2 Å². The van der Waals surface area contributed by atoms with Gasteiger partial charge in [0.05, 0.1) is 4.05 Å². The van der Waals surface area contributed by atoms with Crippen LogP contribution in [0, 0.1) is 5.82 Å². The minimum Gasteiger partial charge on any atom is -0.311 e. The van der Waals surface area contributed by atoms with E-state index in [1.807, 2.05) is 12.1 Å². The predicted molar refractivity (Wildman–Crippen MR) is 72.1 cm³/mol. The molecule has 1 aliphatic heterocycles. The van der Waals surface area contributed by atoms with Crippen molar-refractivity contribution in [2.24, 2.45) is 0 Å². The highest BCUT2D eigenvalue weighted by atomic mass is 127. The summed E-state index contributed by atoms with van der Waals surface area (Å²) in [5, 5.41) is 3.45. The van der Waals surface area contributed by atoms with E-state index < -0.39 is 0 Å². The highest BCUT2D eigenvalue weighted by molar-refractivity contribution is 14.1. The molecular weight excluding hydrogens is 318 g/mol. The van der Waals surface area contributed by atoms with Gasteiger partial charge in [0.2, 0.25) is 0 Å². The Kier molecular flexibility index (Phi) is 4.16. The number of rotatable bonds is 2. The molecule has 0 bridgehead atoms. The molecular formula is C12H16FIN2. The monoisotopic (exact) mass is 334 g/mol. The van der Waals surface area contributed by atoms with Crippen LogP contribution in [0.4, 0.5) is 4.39 Å². The quantitative estimate of drug-likeness (QED) is 0.508. The van der Waals surface area contributed by atoms with Crippen molar-refractivity contribution in [3.8, 4) is 0 Å². The fraction of sp³-hybridized carbons (Fsp3) is 0.500.